The molecule has 2 atom stereocenters. The lowest BCUT2D eigenvalue weighted by molar-refractivity contribution is -0.0207. The van der Waals surface area contributed by atoms with Crippen molar-refractivity contribution < 1.29 is 18.3 Å². The highest BCUT2D eigenvalue weighted by atomic mass is 19.3. The fourth-order valence-electron chi connectivity index (χ4n) is 4.56. The molecule has 2 saturated carbocycles. The minimum absolute atomic E-state index is 0.142. The first-order valence-electron chi connectivity index (χ1n) is 10.6. The number of fused-ring (bicyclic) bond motifs is 7. The third kappa shape index (κ3) is 3.97. The zero-order chi connectivity index (χ0) is 20.8. The summed E-state index contributed by atoms with van der Waals surface area (Å²) in [5.41, 5.74) is 0.812. The molecule has 0 saturated heterocycles. The molecule has 0 aromatic carbocycles. The molecule has 30 heavy (non-hydrogen) atoms. The summed E-state index contributed by atoms with van der Waals surface area (Å²) in [4.78, 5) is 16.3. The molecule has 6 bridgehead atoms. The van der Waals surface area contributed by atoms with Crippen LogP contribution in [0.4, 0.5) is 25.1 Å². The van der Waals surface area contributed by atoms with Crippen LogP contribution in [0.3, 0.4) is 0 Å². The van der Waals surface area contributed by atoms with Gasteiger partial charge in [0.2, 0.25) is 0 Å². The van der Waals surface area contributed by atoms with Gasteiger partial charge in [-0.2, -0.15) is 13.9 Å². The molecular formula is C21H25F2N5O2. The van der Waals surface area contributed by atoms with Gasteiger partial charge >= 0.3 is 6.09 Å². The van der Waals surface area contributed by atoms with Gasteiger partial charge < -0.3 is 15.4 Å². The van der Waals surface area contributed by atoms with Crippen molar-refractivity contribution >= 4 is 17.6 Å². The topological polar surface area (TPSA) is 91.9 Å². The molecule has 9 heteroatoms. The van der Waals surface area contributed by atoms with Crippen LogP contribution in [0.25, 0.3) is 0 Å². The lowest BCUT2D eigenvalue weighted by atomic mass is 10.0. The molecule has 3 aliphatic rings. The Bertz CT molecular complexity index is 943. The summed E-state index contributed by atoms with van der Waals surface area (Å²) < 4.78 is 35.1. The van der Waals surface area contributed by atoms with Gasteiger partial charge in [-0.05, 0) is 57.1 Å². The minimum Gasteiger partial charge on any atom is -0.446 e. The van der Waals surface area contributed by atoms with E-state index in [0.29, 0.717) is 24.3 Å². The van der Waals surface area contributed by atoms with Crippen LogP contribution in [0, 0.1) is 0 Å². The third-order valence-corrected chi connectivity index (χ3v) is 6.47. The maximum atomic E-state index is 14.8. The van der Waals surface area contributed by atoms with Crippen LogP contribution in [0.5, 0.6) is 0 Å². The van der Waals surface area contributed by atoms with Crippen molar-refractivity contribution in [3.8, 4) is 0 Å². The number of carbonyl (C=O) groups is 1. The summed E-state index contributed by atoms with van der Waals surface area (Å²) in [7, 11) is 0. The SMILES string of the molecule is O=C1NC2(CCCC(F)(F)c3cc(ccn3)Nc3cc([nH]n3)[C@H]3CC[C@H](C3)O1)CC2. The monoisotopic (exact) mass is 417 g/mol. The fraction of sp³-hybridized carbons (Fsp3) is 0.571. The number of nitrogens with one attached hydrogen (secondary N) is 3. The van der Waals surface area contributed by atoms with Gasteiger partial charge in [0.25, 0.3) is 5.92 Å². The first-order valence-corrected chi connectivity index (χ1v) is 10.6. The van der Waals surface area contributed by atoms with E-state index in [4.69, 9.17) is 4.74 Å². The zero-order valence-corrected chi connectivity index (χ0v) is 16.6. The molecule has 2 fully saturated rings. The summed E-state index contributed by atoms with van der Waals surface area (Å²) >= 11 is 0. The van der Waals surface area contributed by atoms with Gasteiger partial charge in [-0.1, -0.05) is 0 Å². The highest BCUT2D eigenvalue weighted by Crippen LogP contribution is 2.43. The van der Waals surface area contributed by atoms with E-state index in [1.54, 1.807) is 6.07 Å². The molecule has 160 valence electrons. The van der Waals surface area contributed by atoms with Crippen molar-refractivity contribution in [1.82, 2.24) is 20.5 Å². The van der Waals surface area contributed by atoms with E-state index in [0.717, 1.165) is 37.8 Å². The van der Waals surface area contributed by atoms with E-state index >= 15 is 0 Å². The molecule has 7 nitrogen and oxygen atoms in total. The number of halogens is 2. The number of H-pyrrole nitrogens is 1. The van der Waals surface area contributed by atoms with Gasteiger partial charge in [0.15, 0.2) is 5.82 Å². The third-order valence-electron chi connectivity index (χ3n) is 6.47. The van der Waals surface area contributed by atoms with E-state index in [-0.39, 0.29) is 24.1 Å². The number of pyridine rings is 1. The number of alkyl carbamates (subject to hydrolysis) is 1. The van der Waals surface area contributed by atoms with Gasteiger partial charge in [0.05, 0.1) is 0 Å². The highest BCUT2D eigenvalue weighted by molar-refractivity contribution is 5.69. The Morgan fingerprint density at radius 3 is 2.83 bits per heavy atom. The summed E-state index contributed by atoms with van der Waals surface area (Å²) in [5, 5.41) is 13.3. The Kier molecular flexibility index (Phi) is 4.63. The van der Waals surface area contributed by atoms with Crippen molar-refractivity contribution in [2.75, 3.05) is 5.32 Å². The van der Waals surface area contributed by atoms with Crippen LogP contribution in [-0.2, 0) is 10.7 Å². The van der Waals surface area contributed by atoms with Crippen LogP contribution in [0.2, 0.25) is 0 Å². The molecule has 0 unspecified atom stereocenters. The maximum absolute atomic E-state index is 14.8. The molecule has 2 aromatic heterocycles. The number of aromatic nitrogens is 3. The Hall–Kier alpha value is -2.71. The number of aromatic amines is 1. The Morgan fingerprint density at radius 2 is 2.00 bits per heavy atom. The van der Waals surface area contributed by atoms with Gasteiger partial charge in [-0.15, -0.1) is 0 Å². The maximum Gasteiger partial charge on any atom is 0.407 e. The predicted molar refractivity (Wildman–Crippen MR) is 106 cm³/mol. The first-order chi connectivity index (χ1) is 14.4. The highest BCUT2D eigenvalue weighted by Gasteiger charge is 2.45. The Balaban J connectivity index is 1.41. The van der Waals surface area contributed by atoms with Crippen molar-refractivity contribution in [1.29, 1.82) is 0 Å². The number of hydrogen-bond donors (Lipinski definition) is 3. The van der Waals surface area contributed by atoms with E-state index in [9.17, 15) is 13.6 Å². The van der Waals surface area contributed by atoms with Crippen molar-refractivity contribution in [2.45, 2.75) is 74.8 Å². The molecule has 1 amide bonds. The van der Waals surface area contributed by atoms with Crippen LogP contribution < -0.4 is 10.6 Å². The molecule has 3 N–H and O–H groups in total. The summed E-state index contributed by atoms with van der Waals surface area (Å²) in [5.74, 6) is -2.27. The van der Waals surface area contributed by atoms with Gasteiger partial charge in [0, 0.05) is 41.5 Å². The molecule has 2 aromatic rings. The molecule has 5 rings (SSSR count). The quantitative estimate of drug-likeness (QED) is 0.577. The van der Waals surface area contributed by atoms with Crippen molar-refractivity contribution in [3.05, 3.63) is 35.8 Å². The number of carbonyl (C=O) groups excluding carboxylic acids is 1. The second-order valence-corrected chi connectivity index (χ2v) is 8.76. The number of alkyl halides is 2. The van der Waals surface area contributed by atoms with Gasteiger partial charge in [-0.3, -0.25) is 10.1 Å². The van der Waals surface area contributed by atoms with Crippen LogP contribution >= 0.6 is 0 Å². The lowest BCUT2D eigenvalue weighted by Gasteiger charge is -2.21. The molecule has 1 spiro atoms. The smallest absolute Gasteiger partial charge is 0.407 e. The molecule has 2 aliphatic carbocycles. The normalized spacial score (nSPS) is 27.3. The largest absolute Gasteiger partial charge is 0.446 e. The van der Waals surface area contributed by atoms with E-state index in [1.807, 2.05) is 6.07 Å². The number of amides is 1. The molecular weight excluding hydrogens is 392 g/mol. The summed E-state index contributed by atoms with van der Waals surface area (Å²) in [6.07, 6.45) is 5.33. The second kappa shape index (κ2) is 7.21. The Morgan fingerprint density at radius 1 is 1.13 bits per heavy atom. The molecule has 3 heterocycles. The minimum atomic E-state index is -3.05. The number of ether oxygens (including phenoxy) is 1. The average molecular weight is 417 g/mol. The zero-order valence-electron chi connectivity index (χ0n) is 16.6. The van der Waals surface area contributed by atoms with Crippen molar-refractivity contribution in [3.63, 3.8) is 0 Å². The molecule has 0 radical (unpaired) electrons. The van der Waals surface area contributed by atoms with E-state index in [2.05, 4.69) is 25.8 Å². The van der Waals surface area contributed by atoms with Crippen LogP contribution in [0.15, 0.2) is 24.4 Å². The number of nitrogens with zero attached hydrogens (tertiary/aromatic N) is 2. The number of rotatable bonds is 0. The van der Waals surface area contributed by atoms with E-state index < -0.39 is 17.6 Å². The van der Waals surface area contributed by atoms with Crippen LogP contribution in [0.1, 0.15) is 68.7 Å². The summed E-state index contributed by atoms with van der Waals surface area (Å²) in [6.45, 7) is 0. The van der Waals surface area contributed by atoms with Gasteiger partial charge in [-0.25, -0.2) is 4.79 Å². The second-order valence-electron chi connectivity index (χ2n) is 8.76. The predicted octanol–water partition coefficient (Wildman–Crippen LogP) is 4.72. The number of anilines is 2. The number of hydrogen-bond acceptors (Lipinski definition) is 5. The molecule has 1 aliphatic heterocycles. The van der Waals surface area contributed by atoms with Crippen molar-refractivity contribution in [2.24, 2.45) is 0 Å². The fourth-order valence-corrected chi connectivity index (χ4v) is 4.56. The van der Waals surface area contributed by atoms with E-state index in [1.165, 1.54) is 12.3 Å². The van der Waals surface area contributed by atoms with Crippen LogP contribution in [-0.4, -0.2) is 32.9 Å². The lowest BCUT2D eigenvalue weighted by Crippen LogP contribution is -2.39. The standard InChI is InChI=1S/C21H25F2N5O2/c22-21(23)6-1-5-20(7-8-20)26-19(29)30-15-3-2-13(10-15)16-12-18(28-27-16)25-14-4-9-24-17(21)11-14/h4,9,11-13,15H,1-3,5-8,10H2,(H,26,29)(H2,25,27,28)/t13-,15+/m0/s1. The Labute approximate surface area is 173 Å². The summed E-state index contributed by atoms with van der Waals surface area (Å²) in [6, 6.07) is 4.92. The van der Waals surface area contributed by atoms with Gasteiger partial charge in [0.1, 0.15) is 11.8 Å². The average Bonchev–Trinajstić information content (AvgIpc) is 3.09. The first kappa shape index (κ1) is 19.3.